The van der Waals surface area contributed by atoms with Gasteiger partial charge in [0.1, 0.15) is 17.1 Å². The van der Waals surface area contributed by atoms with Crippen molar-refractivity contribution < 1.29 is 4.79 Å². The van der Waals surface area contributed by atoms with Crippen LogP contribution in [0.4, 0.5) is 0 Å². The van der Waals surface area contributed by atoms with Gasteiger partial charge in [-0.2, -0.15) is 0 Å². The first-order valence-corrected chi connectivity index (χ1v) is 3.08. The van der Waals surface area contributed by atoms with Gasteiger partial charge in [-0.15, -0.1) is 0 Å². The van der Waals surface area contributed by atoms with E-state index in [0.717, 1.165) is 16.4 Å². The van der Waals surface area contributed by atoms with Gasteiger partial charge in [-0.25, -0.2) is 0 Å². The fraction of sp³-hybridized carbons (Fsp3) is 0.143. The average molecular weight is 132 g/mol. The lowest BCUT2D eigenvalue weighted by atomic mass is 10.3. The highest BCUT2D eigenvalue weighted by Crippen LogP contribution is 1.88. The molecule has 0 N–H and O–H groups in total. The fourth-order valence-corrected chi connectivity index (χ4v) is 0.935. The molecule has 1 aliphatic heterocycles. The molecule has 1 aromatic heterocycles. The molecule has 0 aliphatic carbocycles. The lowest BCUT2D eigenvalue weighted by Gasteiger charge is -1.72. The molecule has 48 valence electrons. The third-order valence-electron chi connectivity index (χ3n) is 1.47. The van der Waals surface area contributed by atoms with Gasteiger partial charge in [0.25, 0.3) is 0 Å². The molecule has 0 saturated carbocycles. The van der Waals surface area contributed by atoms with Crippen molar-refractivity contribution in [2.45, 2.75) is 6.92 Å². The first kappa shape index (κ1) is 5.33. The minimum atomic E-state index is 0.736. The van der Waals surface area contributed by atoms with E-state index < -0.39 is 0 Å². The second-order valence-corrected chi connectivity index (χ2v) is 2.16. The smallest absolute Gasteiger partial charge is 0.0699 e. The van der Waals surface area contributed by atoms with Crippen LogP contribution in [0.3, 0.4) is 0 Å². The normalized spacial score (nSPS) is 13.1. The Hall–Kier alpha value is -1.47. The Morgan fingerprint density at radius 1 is 1.50 bits per heavy atom. The number of pyridine rings is 1. The van der Waals surface area contributed by atoms with Crippen molar-refractivity contribution in [2.75, 3.05) is 0 Å². The molecule has 0 aromatic carbocycles. The third kappa shape index (κ3) is 0.582. The van der Waals surface area contributed by atoms with Crippen LogP contribution in [0.25, 0.3) is 5.70 Å². The highest BCUT2D eigenvalue weighted by atomic mass is 15.1. The molecule has 0 amide bonds. The van der Waals surface area contributed by atoms with E-state index in [0.29, 0.717) is 0 Å². The van der Waals surface area contributed by atoms with Gasteiger partial charge in [0.05, 0.1) is 0 Å². The Morgan fingerprint density at radius 2 is 2.40 bits per heavy atom. The summed E-state index contributed by atoms with van der Waals surface area (Å²) < 4.78 is 0. The standard InChI is InChI=1S/C7H6N3/c1-5-6-3-2-4-8-7(6)10-9-5/h2-4H,1H3/q+1. The average Bonchev–Trinajstić information content (AvgIpc) is 2.34. The van der Waals surface area contributed by atoms with Crippen LogP contribution in [0.5, 0.6) is 0 Å². The van der Waals surface area contributed by atoms with Gasteiger partial charge >= 0.3 is 5.49 Å². The van der Waals surface area contributed by atoms with Gasteiger partial charge in [-0.1, -0.05) is 4.79 Å². The first-order chi connectivity index (χ1) is 4.88. The van der Waals surface area contributed by atoms with E-state index in [1.807, 2.05) is 19.1 Å². The largest absolute Gasteiger partial charge is 0.455 e. The number of rotatable bonds is 0. The maximum atomic E-state index is 4.03. The van der Waals surface area contributed by atoms with Gasteiger partial charge in [0.2, 0.25) is 0 Å². The molecule has 1 aliphatic rings. The summed E-state index contributed by atoms with van der Waals surface area (Å²) in [6.45, 7) is 1.93. The number of nitrogens with zero attached hydrogens (tertiary/aromatic N) is 3. The molecule has 0 fully saturated rings. The highest BCUT2D eigenvalue weighted by molar-refractivity contribution is 5.37. The van der Waals surface area contributed by atoms with Gasteiger partial charge in [0.15, 0.2) is 0 Å². The summed E-state index contributed by atoms with van der Waals surface area (Å²) >= 11 is 0. The molecule has 2 rings (SSSR count). The molecule has 0 spiro atoms. The van der Waals surface area contributed by atoms with Gasteiger partial charge in [0, 0.05) is 5.11 Å². The molecule has 0 bridgehead atoms. The summed E-state index contributed by atoms with van der Waals surface area (Å²) in [5.41, 5.74) is 1.68. The molecular formula is C7H6N3+. The second kappa shape index (κ2) is 1.75. The highest BCUT2D eigenvalue weighted by Gasteiger charge is 2.06. The lowest BCUT2D eigenvalue weighted by Crippen LogP contribution is -2.27. The van der Waals surface area contributed by atoms with Crippen molar-refractivity contribution in [3.8, 4) is 0 Å². The number of hydrogen-bond acceptors (Lipinski definition) is 2. The molecule has 0 atom stereocenters. The van der Waals surface area contributed by atoms with E-state index in [2.05, 4.69) is 14.9 Å². The van der Waals surface area contributed by atoms with Crippen molar-refractivity contribution >= 4 is 5.70 Å². The SMILES string of the molecule is CC1=c2cccnc2=[N+]=N1. The Morgan fingerprint density at radius 3 is 3.20 bits per heavy atom. The van der Waals surface area contributed by atoms with Gasteiger partial charge < -0.3 is 0 Å². The summed E-state index contributed by atoms with van der Waals surface area (Å²) in [6, 6.07) is 3.86. The van der Waals surface area contributed by atoms with E-state index in [-0.39, 0.29) is 0 Å². The van der Waals surface area contributed by atoms with Crippen LogP contribution in [0.15, 0.2) is 23.4 Å². The maximum Gasteiger partial charge on any atom is 0.455 e. The molecule has 3 heteroatoms. The van der Waals surface area contributed by atoms with Crippen LogP contribution in [-0.2, 0) is 0 Å². The second-order valence-electron chi connectivity index (χ2n) is 2.16. The fourth-order valence-electron chi connectivity index (χ4n) is 0.935. The van der Waals surface area contributed by atoms with Crippen molar-refractivity contribution in [1.29, 1.82) is 0 Å². The van der Waals surface area contributed by atoms with Crippen LogP contribution < -0.4 is 10.7 Å². The predicted molar refractivity (Wildman–Crippen MR) is 34.4 cm³/mol. The molecule has 1 aromatic rings. The first-order valence-electron chi connectivity index (χ1n) is 3.08. The van der Waals surface area contributed by atoms with Gasteiger partial charge in [-0.3, -0.25) is 0 Å². The molecular weight excluding hydrogens is 126 g/mol. The zero-order chi connectivity index (χ0) is 6.97. The molecule has 10 heavy (non-hydrogen) atoms. The Balaban J connectivity index is 3.05. The van der Waals surface area contributed by atoms with Crippen molar-refractivity contribution in [3.63, 3.8) is 0 Å². The van der Waals surface area contributed by atoms with E-state index >= 15 is 0 Å². The molecule has 0 unspecified atom stereocenters. The summed E-state index contributed by atoms with van der Waals surface area (Å²) in [4.78, 5) is 7.89. The minimum Gasteiger partial charge on any atom is -0.0699 e. The van der Waals surface area contributed by atoms with Crippen molar-refractivity contribution in [2.24, 2.45) is 5.11 Å². The quantitative estimate of drug-likeness (QED) is 0.439. The lowest BCUT2D eigenvalue weighted by molar-refractivity contribution is -0.132. The molecule has 3 nitrogen and oxygen atoms in total. The number of aromatic nitrogens is 1. The summed E-state index contributed by atoms with van der Waals surface area (Å²) in [5.74, 6) is 0. The topological polar surface area (TPSA) is 39.4 Å². The monoisotopic (exact) mass is 132 g/mol. The third-order valence-corrected chi connectivity index (χ3v) is 1.47. The van der Waals surface area contributed by atoms with E-state index in [1.165, 1.54) is 0 Å². The van der Waals surface area contributed by atoms with Crippen molar-refractivity contribution in [1.82, 2.24) is 4.98 Å². The Labute approximate surface area is 57.5 Å². The van der Waals surface area contributed by atoms with Gasteiger partial charge in [-0.05, 0) is 24.0 Å². The zero-order valence-electron chi connectivity index (χ0n) is 5.57. The Kier molecular flexibility index (Phi) is 0.934. The number of fused-ring (bicyclic) bond motifs is 1. The summed E-state index contributed by atoms with van der Waals surface area (Å²) in [5, 5.41) is 4.93. The number of hydrogen-bond donors (Lipinski definition) is 0. The van der Waals surface area contributed by atoms with E-state index in [4.69, 9.17) is 0 Å². The van der Waals surface area contributed by atoms with E-state index in [1.54, 1.807) is 6.20 Å². The van der Waals surface area contributed by atoms with Crippen LogP contribution in [0.1, 0.15) is 6.92 Å². The molecule has 2 heterocycles. The van der Waals surface area contributed by atoms with Crippen LogP contribution in [0.2, 0.25) is 0 Å². The zero-order valence-corrected chi connectivity index (χ0v) is 5.57. The summed E-state index contributed by atoms with van der Waals surface area (Å²) in [6.07, 6.45) is 1.72. The van der Waals surface area contributed by atoms with Crippen LogP contribution in [0, 0.1) is 0 Å². The summed E-state index contributed by atoms with van der Waals surface area (Å²) in [7, 11) is 0. The van der Waals surface area contributed by atoms with Crippen molar-refractivity contribution in [3.05, 3.63) is 29.0 Å². The maximum absolute atomic E-state index is 4.03. The van der Waals surface area contributed by atoms with Crippen LogP contribution >= 0.6 is 0 Å². The molecule has 0 saturated heterocycles. The molecule has 0 radical (unpaired) electrons. The van der Waals surface area contributed by atoms with E-state index in [9.17, 15) is 0 Å². The minimum absolute atomic E-state index is 0.736. The predicted octanol–water partition coefficient (Wildman–Crippen LogP) is -0.497. The van der Waals surface area contributed by atoms with Crippen LogP contribution in [-0.4, -0.2) is 9.77 Å². The Bertz CT molecular complexity index is 413.